The van der Waals surface area contributed by atoms with Crippen molar-refractivity contribution in [3.63, 3.8) is 0 Å². The van der Waals surface area contributed by atoms with Gasteiger partial charge in [0.2, 0.25) is 0 Å². The van der Waals surface area contributed by atoms with Crippen LogP contribution >= 0.6 is 0 Å². The number of carbonyl (C=O) groups is 7. The molecule has 0 saturated heterocycles. The smallest absolute Gasteiger partial charge is 0.343 e. The number of esters is 7. The van der Waals surface area contributed by atoms with Crippen LogP contribution in [0.3, 0.4) is 0 Å². The highest BCUT2D eigenvalue weighted by atomic mass is 16.6. The highest BCUT2D eigenvalue weighted by Gasteiger charge is 2.41. The predicted octanol–water partition coefficient (Wildman–Crippen LogP) is 17.3. The van der Waals surface area contributed by atoms with Gasteiger partial charge in [-0.3, -0.25) is 9.59 Å². The lowest BCUT2D eigenvalue weighted by Crippen LogP contribution is -2.39. The van der Waals surface area contributed by atoms with Gasteiger partial charge in [0.1, 0.15) is 28.7 Å². The van der Waals surface area contributed by atoms with Crippen molar-refractivity contribution in [1.29, 1.82) is 0 Å². The minimum absolute atomic E-state index is 0.177. The van der Waals surface area contributed by atoms with E-state index in [0.717, 1.165) is 60.4 Å². The van der Waals surface area contributed by atoms with Crippen LogP contribution in [-0.2, 0) is 38.1 Å². The van der Waals surface area contributed by atoms with E-state index < -0.39 is 35.4 Å². The zero-order valence-corrected chi connectivity index (χ0v) is 59.9. The van der Waals surface area contributed by atoms with Crippen LogP contribution in [0.1, 0.15) is 195 Å². The standard InChI is InChI=1S/C89H90O16/c1-5-13-62-24-27-67(28-25-62)68-51-54-89(55-52-68,105-88(96)72-35-41-77(42-36-72)102-85(93)70-31-29-69(30-32-70)84(92)101-58-11-9-10-57-99-82(90)7-3)53-50-66-22-20-64(21-23-66)15-14-63-16-18-65(19-17-63)26-47-80-79-48-37-74(87(95)103-78-45-43-76(44-46-78)97-56-6-2)61-73(79)38-49-81(80)104-86(94)71-33-39-75(40-34-71)98-59-12-60-100-83(91)8-4/h7-8,16-23,33-46,48-49,61-62,67-70H,3-6,9-13,24-25,27-32,51-52,54-60H2,1-2H3. The molecule has 0 heterocycles. The lowest BCUT2D eigenvalue weighted by molar-refractivity contribution is -0.152. The van der Waals surface area contributed by atoms with Gasteiger partial charge in [0.05, 0.1) is 67.1 Å². The number of carbonyl (C=O) groups excluding carboxylic acids is 7. The van der Waals surface area contributed by atoms with E-state index in [9.17, 15) is 33.6 Å². The third kappa shape index (κ3) is 22.9. The van der Waals surface area contributed by atoms with Crippen molar-refractivity contribution in [2.45, 2.75) is 141 Å². The quantitative estimate of drug-likeness (QED) is 0.0112. The Morgan fingerprint density at radius 2 is 0.914 bits per heavy atom. The van der Waals surface area contributed by atoms with Crippen LogP contribution in [-0.4, -0.2) is 80.4 Å². The summed E-state index contributed by atoms with van der Waals surface area (Å²) >= 11 is 0. The molecule has 542 valence electrons. The minimum Gasteiger partial charge on any atom is -0.494 e. The van der Waals surface area contributed by atoms with Crippen molar-refractivity contribution in [1.82, 2.24) is 0 Å². The molecule has 0 spiro atoms. The number of benzene rings is 7. The second-order valence-electron chi connectivity index (χ2n) is 26.9. The van der Waals surface area contributed by atoms with Crippen LogP contribution in [0.5, 0.6) is 28.7 Å². The number of unbranched alkanes of at least 4 members (excludes halogenated alkanes) is 2. The number of fused-ring (bicyclic) bond motifs is 1. The molecule has 16 heteroatoms. The topological polar surface area (TPSA) is 203 Å². The summed E-state index contributed by atoms with van der Waals surface area (Å²) in [4.78, 5) is 90.0. The maximum atomic E-state index is 14.1. The largest absolute Gasteiger partial charge is 0.494 e. The molecule has 0 aromatic heterocycles. The monoisotopic (exact) mass is 1410 g/mol. The van der Waals surface area contributed by atoms with E-state index in [-0.39, 0.29) is 54.9 Å². The Kier molecular flexibility index (Phi) is 28.4. The van der Waals surface area contributed by atoms with Crippen LogP contribution in [0.4, 0.5) is 0 Å². The van der Waals surface area contributed by atoms with Crippen molar-refractivity contribution in [3.05, 3.63) is 221 Å². The van der Waals surface area contributed by atoms with Gasteiger partial charge in [0.25, 0.3) is 0 Å². The first kappa shape index (κ1) is 76.5. The Hall–Kier alpha value is -11.2. The molecule has 10 rings (SSSR count). The maximum absolute atomic E-state index is 14.1. The second-order valence-corrected chi connectivity index (χ2v) is 26.9. The van der Waals surface area contributed by atoms with Crippen LogP contribution < -0.4 is 23.7 Å². The van der Waals surface area contributed by atoms with Crippen molar-refractivity contribution in [2.75, 3.05) is 33.0 Å². The van der Waals surface area contributed by atoms with E-state index in [4.69, 9.17) is 42.6 Å². The van der Waals surface area contributed by atoms with E-state index in [0.29, 0.717) is 139 Å². The summed E-state index contributed by atoms with van der Waals surface area (Å²) in [7, 11) is 0. The van der Waals surface area contributed by atoms with Gasteiger partial charge in [-0.1, -0.05) is 94.4 Å². The number of ether oxygens (including phenoxy) is 9. The normalized spacial score (nSPS) is 18.1. The number of rotatable bonds is 28. The van der Waals surface area contributed by atoms with Crippen LogP contribution in [0.2, 0.25) is 0 Å². The fourth-order valence-corrected chi connectivity index (χ4v) is 13.5. The lowest BCUT2D eigenvalue weighted by Gasteiger charge is -2.41. The van der Waals surface area contributed by atoms with Gasteiger partial charge in [0.15, 0.2) is 5.60 Å². The average Bonchev–Trinajstić information content (AvgIpc) is 0.815. The zero-order chi connectivity index (χ0) is 73.8. The van der Waals surface area contributed by atoms with Gasteiger partial charge >= 0.3 is 41.8 Å². The first-order valence-electron chi connectivity index (χ1n) is 36.7. The molecule has 3 aliphatic carbocycles. The zero-order valence-electron chi connectivity index (χ0n) is 59.9. The molecule has 0 radical (unpaired) electrons. The highest BCUT2D eigenvalue weighted by Crippen LogP contribution is 2.45. The van der Waals surface area contributed by atoms with Crippen LogP contribution in [0.15, 0.2) is 177 Å². The number of hydrogen-bond acceptors (Lipinski definition) is 16. The second kappa shape index (κ2) is 38.9. The summed E-state index contributed by atoms with van der Waals surface area (Å²) in [5.41, 5.74) is 3.26. The average molecular weight is 1420 g/mol. The molecular formula is C89H90O16. The van der Waals surface area contributed by atoms with Gasteiger partial charge in [-0.2, -0.15) is 0 Å². The van der Waals surface area contributed by atoms with Crippen LogP contribution in [0.25, 0.3) is 10.8 Å². The molecule has 3 aliphatic rings. The fraction of sp³-hybridized carbons (Fsp3) is 0.360. The molecule has 7 aromatic carbocycles. The van der Waals surface area contributed by atoms with Crippen LogP contribution in [0, 0.1) is 65.1 Å². The van der Waals surface area contributed by atoms with E-state index in [1.165, 1.54) is 38.5 Å². The summed E-state index contributed by atoms with van der Waals surface area (Å²) in [6, 6.07) is 43.5. The van der Waals surface area contributed by atoms with E-state index in [1.807, 2.05) is 55.5 Å². The third-order valence-electron chi connectivity index (χ3n) is 19.4. The van der Waals surface area contributed by atoms with E-state index in [1.54, 1.807) is 103 Å². The Balaban J connectivity index is 0.779. The van der Waals surface area contributed by atoms with Gasteiger partial charge < -0.3 is 42.6 Å². The molecule has 105 heavy (non-hydrogen) atoms. The summed E-state index contributed by atoms with van der Waals surface area (Å²) in [6.07, 6.45) is 18.3. The van der Waals surface area contributed by atoms with Crippen molar-refractivity contribution < 1.29 is 76.2 Å². The number of hydrogen-bond donors (Lipinski definition) is 0. The van der Waals surface area contributed by atoms with E-state index in [2.05, 4.69) is 55.6 Å². The minimum atomic E-state index is -1.01. The Labute approximate surface area is 615 Å². The van der Waals surface area contributed by atoms with Crippen molar-refractivity contribution >= 4 is 52.6 Å². The van der Waals surface area contributed by atoms with Gasteiger partial charge in [0, 0.05) is 46.2 Å². The summed E-state index contributed by atoms with van der Waals surface area (Å²) in [5.74, 6) is 20.0. The molecule has 16 nitrogen and oxygen atoms in total. The first-order chi connectivity index (χ1) is 51.1. The molecule has 3 saturated carbocycles. The molecule has 0 unspecified atom stereocenters. The molecule has 0 atom stereocenters. The van der Waals surface area contributed by atoms with Crippen molar-refractivity contribution in [2.24, 2.45) is 29.6 Å². The molecule has 0 aliphatic heterocycles. The predicted molar refractivity (Wildman–Crippen MR) is 399 cm³/mol. The molecule has 7 aromatic rings. The van der Waals surface area contributed by atoms with Gasteiger partial charge in [-0.25, -0.2) is 24.0 Å². The molecule has 3 fully saturated rings. The maximum Gasteiger partial charge on any atom is 0.343 e. The molecule has 0 amide bonds. The van der Waals surface area contributed by atoms with Gasteiger partial charge in [-0.15, -0.1) is 0 Å². The Morgan fingerprint density at radius 3 is 1.50 bits per heavy atom. The highest BCUT2D eigenvalue weighted by molar-refractivity contribution is 6.00. The summed E-state index contributed by atoms with van der Waals surface area (Å²) in [5, 5.41) is 1.29. The van der Waals surface area contributed by atoms with Crippen molar-refractivity contribution in [3.8, 4) is 64.3 Å². The first-order valence-corrected chi connectivity index (χ1v) is 36.7. The third-order valence-corrected chi connectivity index (χ3v) is 19.4. The van der Waals surface area contributed by atoms with E-state index >= 15 is 0 Å². The summed E-state index contributed by atoms with van der Waals surface area (Å²) < 4.78 is 51.0. The SMILES string of the molecule is C=CC(=O)OCCCCCOC(=O)C1CCC(C(=O)Oc2ccc(C(=O)OC3(C#Cc4ccc(C#Cc5ccc(C#Cc6c(OC(=O)c7ccc(OCCCOC(=O)C=C)cc7)ccc7cc(C(=O)Oc8ccc(OCCC)cc8)ccc67)cc5)cc4)CCC(C4CCC(CCC)CC4)CC3)cc2)CC1. The summed E-state index contributed by atoms with van der Waals surface area (Å²) in [6.45, 7) is 12.7. The van der Waals surface area contributed by atoms with Gasteiger partial charge in [-0.05, 0) is 258 Å². The molecule has 0 bridgehead atoms. The molecule has 0 N–H and O–H groups in total. The Morgan fingerprint density at radius 1 is 0.429 bits per heavy atom. The fourth-order valence-electron chi connectivity index (χ4n) is 13.5. The molecular weight excluding hydrogens is 1320 g/mol. The lowest BCUT2D eigenvalue weighted by atomic mass is 9.67. The Bertz CT molecular complexity index is 4360.